The normalized spacial score (nSPS) is 18.9. The molecule has 2 aromatic rings. The van der Waals surface area contributed by atoms with Crippen molar-refractivity contribution in [3.05, 3.63) is 23.1 Å². The Kier molecular flexibility index (Phi) is 5.93. The highest BCUT2D eigenvalue weighted by molar-refractivity contribution is 6.06. The fourth-order valence-electron chi connectivity index (χ4n) is 3.25. The highest BCUT2D eigenvalue weighted by Gasteiger charge is 2.56. The average molecular weight is 460 g/mol. The molecule has 0 saturated heterocycles. The number of aryl methyl sites for hydroxylation is 1. The Hall–Kier alpha value is -3.16. The second-order valence-electron chi connectivity index (χ2n) is 7.42. The molecule has 1 amide bonds. The second-order valence-corrected chi connectivity index (χ2v) is 7.42. The topological polar surface area (TPSA) is 123 Å². The van der Waals surface area contributed by atoms with Gasteiger partial charge in [0.1, 0.15) is 23.0 Å². The molecule has 0 saturated carbocycles. The van der Waals surface area contributed by atoms with Crippen LogP contribution in [0.3, 0.4) is 0 Å². The van der Waals surface area contributed by atoms with Gasteiger partial charge in [0.2, 0.25) is 5.91 Å². The molecule has 0 radical (unpaired) electrons. The summed E-state index contributed by atoms with van der Waals surface area (Å²) in [4.78, 5) is 24.9. The summed E-state index contributed by atoms with van der Waals surface area (Å²) in [5, 5.41) is 9.57. The number of carbonyl (C=O) groups is 1. The molecule has 32 heavy (non-hydrogen) atoms. The number of alkyl halides is 5. The maximum Gasteiger partial charge on any atom is 0.453 e. The van der Waals surface area contributed by atoms with Gasteiger partial charge in [0.05, 0.1) is 11.8 Å². The maximum absolute atomic E-state index is 13.0. The Bertz CT molecular complexity index is 1060. The lowest BCUT2D eigenvalue weighted by molar-refractivity contribution is -0.283. The van der Waals surface area contributed by atoms with E-state index in [4.69, 9.17) is 5.73 Å². The molecule has 0 spiro atoms. The SMILES string of the molecule is CNC1(C)C(=O)Nc2nc(Cc3cnn(C)c3N=CCCC(F)(F)C(F)(F)F)nc(N)c21. The molecule has 4 N–H and O–H groups in total. The van der Waals surface area contributed by atoms with Crippen molar-refractivity contribution in [2.75, 3.05) is 18.1 Å². The molecule has 0 bridgehead atoms. The van der Waals surface area contributed by atoms with Crippen LogP contribution in [0.25, 0.3) is 0 Å². The van der Waals surface area contributed by atoms with Crippen LogP contribution in [0.5, 0.6) is 0 Å². The Morgan fingerprint density at radius 3 is 2.62 bits per heavy atom. The molecular formula is C18H21F5N8O. The fourth-order valence-corrected chi connectivity index (χ4v) is 3.25. The summed E-state index contributed by atoms with van der Waals surface area (Å²) in [6.07, 6.45) is -5.10. The molecule has 2 aromatic heterocycles. The minimum absolute atomic E-state index is 0.0862. The number of rotatable bonds is 7. The number of nitrogens with two attached hydrogens (primary N) is 1. The Labute approximate surface area is 179 Å². The Morgan fingerprint density at radius 1 is 1.31 bits per heavy atom. The quantitative estimate of drug-likeness (QED) is 0.431. The number of aromatic nitrogens is 4. The zero-order valence-corrected chi connectivity index (χ0v) is 17.4. The van der Waals surface area contributed by atoms with Crippen molar-refractivity contribution in [3.63, 3.8) is 0 Å². The summed E-state index contributed by atoms with van der Waals surface area (Å²) in [7, 11) is 3.14. The second kappa shape index (κ2) is 8.07. The van der Waals surface area contributed by atoms with Crippen molar-refractivity contribution in [3.8, 4) is 0 Å². The molecule has 3 heterocycles. The van der Waals surface area contributed by atoms with Crippen LogP contribution in [0.4, 0.5) is 39.4 Å². The molecule has 1 unspecified atom stereocenters. The van der Waals surface area contributed by atoms with E-state index in [1.165, 1.54) is 17.9 Å². The average Bonchev–Trinajstić information content (AvgIpc) is 3.15. The van der Waals surface area contributed by atoms with Crippen molar-refractivity contribution in [2.45, 2.75) is 43.8 Å². The van der Waals surface area contributed by atoms with Gasteiger partial charge < -0.3 is 16.4 Å². The van der Waals surface area contributed by atoms with Gasteiger partial charge in [-0.15, -0.1) is 0 Å². The number of nitrogens with one attached hydrogen (secondary N) is 2. The van der Waals surface area contributed by atoms with Gasteiger partial charge in [-0.1, -0.05) is 0 Å². The summed E-state index contributed by atoms with van der Waals surface area (Å²) in [5.74, 6) is -4.28. The highest BCUT2D eigenvalue weighted by atomic mass is 19.4. The number of fused-ring (bicyclic) bond motifs is 1. The standard InChI is InChI=1S/C18H21F5N8O/c1-16(25-2)11-12(24)28-10(29-13(11)30-15(16)32)7-9-8-27-31(3)14(9)26-6-4-5-17(19,20)18(21,22)23/h6,8,25H,4-5,7H2,1-3H3,(H3,24,28,29,30,32). The zero-order valence-electron chi connectivity index (χ0n) is 17.4. The van der Waals surface area contributed by atoms with Crippen LogP contribution in [0.2, 0.25) is 0 Å². The van der Waals surface area contributed by atoms with Gasteiger partial charge in [-0.05, 0) is 20.4 Å². The van der Waals surface area contributed by atoms with Gasteiger partial charge in [0, 0.05) is 31.7 Å². The molecule has 0 aliphatic carbocycles. The zero-order chi connectivity index (χ0) is 23.9. The summed E-state index contributed by atoms with van der Waals surface area (Å²) in [6, 6.07) is 0. The monoisotopic (exact) mass is 460 g/mol. The third kappa shape index (κ3) is 4.13. The number of aliphatic imine (C=N–C) groups is 1. The number of hydrogen-bond donors (Lipinski definition) is 3. The summed E-state index contributed by atoms with van der Waals surface area (Å²) >= 11 is 0. The Morgan fingerprint density at radius 2 is 2.00 bits per heavy atom. The predicted octanol–water partition coefficient (Wildman–Crippen LogP) is 2.45. The third-order valence-electron chi connectivity index (χ3n) is 5.21. The molecule has 1 aliphatic heterocycles. The summed E-state index contributed by atoms with van der Waals surface area (Å²) in [6.45, 7) is 1.64. The molecule has 1 aliphatic rings. The summed E-state index contributed by atoms with van der Waals surface area (Å²) < 4.78 is 64.2. The van der Waals surface area contributed by atoms with Crippen LogP contribution in [-0.2, 0) is 23.8 Å². The molecular weight excluding hydrogens is 439 g/mol. The predicted molar refractivity (Wildman–Crippen MR) is 106 cm³/mol. The van der Waals surface area contributed by atoms with E-state index in [-0.39, 0.29) is 35.6 Å². The smallest absolute Gasteiger partial charge is 0.383 e. The first-order valence-electron chi connectivity index (χ1n) is 9.45. The summed E-state index contributed by atoms with van der Waals surface area (Å²) in [5.41, 5.74) is 5.89. The molecule has 3 rings (SSSR count). The van der Waals surface area contributed by atoms with Crippen LogP contribution >= 0.6 is 0 Å². The van der Waals surface area contributed by atoms with Gasteiger partial charge in [-0.25, -0.2) is 15.0 Å². The van der Waals surface area contributed by atoms with Gasteiger partial charge in [0.25, 0.3) is 0 Å². The van der Waals surface area contributed by atoms with Crippen LogP contribution in [0.1, 0.15) is 36.7 Å². The van der Waals surface area contributed by atoms with Crippen molar-refractivity contribution in [2.24, 2.45) is 12.0 Å². The minimum atomic E-state index is -5.61. The first-order chi connectivity index (χ1) is 14.8. The lowest BCUT2D eigenvalue weighted by atomic mass is 9.95. The Balaban J connectivity index is 1.79. The number of halogens is 5. The van der Waals surface area contributed by atoms with E-state index in [1.807, 2.05) is 0 Å². The molecule has 14 heteroatoms. The van der Waals surface area contributed by atoms with Crippen LogP contribution in [0.15, 0.2) is 11.2 Å². The van der Waals surface area contributed by atoms with E-state index in [0.717, 1.165) is 6.21 Å². The third-order valence-corrected chi connectivity index (χ3v) is 5.21. The van der Waals surface area contributed by atoms with Crippen molar-refractivity contribution in [1.82, 2.24) is 25.1 Å². The minimum Gasteiger partial charge on any atom is -0.383 e. The van der Waals surface area contributed by atoms with Crippen molar-refractivity contribution < 1.29 is 26.7 Å². The fraction of sp³-hybridized carbons (Fsp3) is 0.500. The molecule has 0 aromatic carbocycles. The largest absolute Gasteiger partial charge is 0.453 e. The van der Waals surface area contributed by atoms with E-state index in [1.54, 1.807) is 14.0 Å². The van der Waals surface area contributed by atoms with Crippen molar-refractivity contribution in [1.29, 1.82) is 0 Å². The number of amides is 1. The number of nitrogens with zero attached hydrogens (tertiary/aromatic N) is 5. The van der Waals surface area contributed by atoms with Crippen LogP contribution in [-0.4, -0.2) is 51.0 Å². The van der Waals surface area contributed by atoms with Crippen LogP contribution < -0.4 is 16.4 Å². The van der Waals surface area contributed by atoms with Gasteiger partial charge in [0.15, 0.2) is 5.82 Å². The van der Waals surface area contributed by atoms with Crippen molar-refractivity contribution >= 4 is 29.6 Å². The van der Waals surface area contributed by atoms with Gasteiger partial charge in [-0.3, -0.25) is 9.48 Å². The highest BCUT2D eigenvalue weighted by Crippen LogP contribution is 2.39. The van der Waals surface area contributed by atoms with E-state index >= 15 is 0 Å². The number of anilines is 2. The van der Waals surface area contributed by atoms with Crippen LogP contribution in [0, 0.1) is 0 Å². The van der Waals surface area contributed by atoms with E-state index < -0.39 is 30.5 Å². The lowest BCUT2D eigenvalue weighted by Gasteiger charge is -2.21. The molecule has 0 fully saturated rings. The van der Waals surface area contributed by atoms with E-state index in [0.29, 0.717) is 11.1 Å². The lowest BCUT2D eigenvalue weighted by Crippen LogP contribution is -2.43. The molecule has 9 nitrogen and oxygen atoms in total. The maximum atomic E-state index is 13.0. The van der Waals surface area contributed by atoms with Gasteiger partial charge in [-0.2, -0.15) is 27.1 Å². The van der Waals surface area contributed by atoms with Gasteiger partial charge >= 0.3 is 12.1 Å². The first-order valence-corrected chi connectivity index (χ1v) is 9.45. The first kappa shape index (κ1) is 23.5. The number of likely N-dealkylation sites (N-methyl/N-ethyl adjacent to an activating group) is 1. The van der Waals surface area contributed by atoms with E-state index in [2.05, 4.69) is 30.7 Å². The molecule has 1 atom stereocenters. The number of nitrogen functional groups attached to an aromatic ring is 1. The number of carbonyl (C=O) groups excluding carboxylic acids is 1. The van der Waals surface area contributed by atoms with E-state index in [9.17, 15) is 26.7 Å². The molecule has 174 valence electrons. The number of hydrogen-bond acceptors (Lipinski definition) is 7.